The third kappa shape index (κ3) is 4.34. The van der Waals surface area contributed by atoms with Gasteiger partial charge < -0.3 is 19.9 Å². The molecule has 0 unspecified atom stereocenters. The smallest absolute Gasteiger partial charge is 0.337 e. The highest BCUT2D eigenvalue weighted by Crippen LogP contribution is 2.27. The van der Waals surface area contributed by atoms with Gasteiger partial charge in [0, 0.05) is 42.6 Å². The summed E-state index contributed by atoms with van der Waals surface area (Å²) >= 11 is 6.21. The van der Waals surface area contributed by atoms with Crippen molar-refractivity contribution < 1.29 is 14.3 Å². The molecule has 0 spiro atoms. The number of nitrogens with zero attached hydrogens (tertiary/aromatic N) is 2. The number of carbonyl (C=O) groups is 2. The Morgan fingerprint density at radius 2 is 1.78 bits per heavy atom. The van der Waals surface area contributed by atoms with E-state index >= 15 is 0 Å². The summed E-state index contributed by atoms with van der Waals surface area (Å²) in [6.45, 7) is 4.68. The molecular formula is C20H22ClN3O3. The molecule has 0 atom stereocenters. The van der Waals surface area contributed by atoms with Crippen molar-refractivity contribution >= 4 is 35.0 Å². The first-order valence-electron chi connectivity index (χ1n) is 8.74. The number of rotatable bonds is 3. The number of benzene rings is 2. The van der Waals surface area contributed by atoms with E-state index in [-0.39, 0.29) is 6.03 Å². The Bertz CT molecular complexity index is 848. The highest BCUT2D eigenvalue weighted by Gasteiger charge is 2.22. The van der Waals surface area contributed by atoms with Gasteiger partial charge in [-0.2, -0.15) is 0 Å². The molecule has 2 aromatic carbocycles. The molecule has 142 valence electrons. The number of hydrogen-bond acceptors (Lipinski definition) is 4. The molecule has 1 saturated heterocycles. The zero-order chi connectivity index (χ0) is 19.4. The fourth-order valence-electron chi connectivity index (χ4n) is 3.13. The zero-order valence-corrected chi connectivity index (χ0v) is 16.1. The highest BCUT2D eigenvalue weighted by molar-refractivity contribution is 6.31. The van der Waals surface area contributed by atoms with Gasteiger partial charge in [0.15, 0.2) is 0 Å². The molecule has 2 aromatic rings. The van der Waals surface area contributed by atoms with Gasteiger partial charge in [-0.1, -0.05) is 23.7 Å². The lowest BCUT2D eigenvalue weighted by Gasteiger charge is -2.36. The Labute approximate surface area is 163 Å². The first kappa shape index (κ1) is 19.0. The second-order valence-electron chi connectivity index (χ2n) is 6.36. The molecule has 1 aliphatic heterocycles. The number of piperazine rings is 1. The van der Waals surface area contributed by atoms with Crippen LogP contribution in [-0.4, -0.2) is 50.2 Å². The summed E-state index contributed by atoms with van der Waals surface area (Å²) in [6, 6.07) is 12.4. The average Bonchev–Trinajstić information content (AvgIpc) is 2.70. The molecule has 0 aromatic heterocycles. The van der Waals surface area contributed by atoms with E-state index in [1.165, 1.54) is 7.11 Å². The highest BCUT2D eigenvalue weighted by atomic mass is 35.5. The molecule has 0 saturated carbocycles. The number of amides is 2. The van der Waals surface area contributed by atoms with Crippen LogP contribution in [0.2, 0.25) is 5.02 Å². The maximum atomic E-state index is 12.5. The van der Waals surface area contributed by atoms with Crippen molar-refractivity contribution in [3.05, 3.63) is 58.6 Å². The summed E-state index contributed by atoms with van der Waals surface area (Å²) in [5.74, 6) is -0.434. The molecule has 1 N–H and O–H groups in total. The first-order chi connectivity index (χ1) is 13.0. The molecule has 7 heteroatoms. The molecule has 3 rings (SSSR count). The maximum Gasteiger partial charge on any atom is 0.337 e. The van der Waals surface area contributed by atoms with E-state index in [1.807, 2.05) is 19.1 Å². The average molecular weight is 388 g/mol. The van der Waals surface area contributed by atoms with Crippen LogP contribution in [0.5, 0.6) is 0 Å². The molecule has 0 aliphatic carbocycles. The number of anilines is 2. The third-order valence-electron chi connectivity index (χ3n) is 4.68. The third-order valence-corrected chi connectivity index (χ3v) is 5.09. The fraction of sp³-hybridized carbons (Fsp3) is 0.300. The van der Waals surface area contributed by atoms with E-state index in [0.717, 1.165) is 29.4 Å². The minimum Gasteiger partial charge on any atom is -0.465 e. The molecule has 1 heterocycles. The number of halogens is 1. The van der Waals surface area contributed by atoms with E-state index in [1.54, 1.807) is 29.2 Å². The van der Waals surface area contributed by atoms with Gasteiger partial charge in [-0.3, -0.25) is 0 Å². The van der Waals surface area contributed by atoms with Gasteiger partial charge in [-0.25, -0.2) is 9.59 Å². The van der Waals surface area contributed by atoms with Crippen LogP contribution in [0.1, 0.15) is 15.9 Å². The summed E-state index contributed by atoms with van der Waals surface area (Å²) in [7, 11) is 1.33. The SMILES string of the molecule is COC(=O)c1cccc(NC(=O)N2CCN(c3cccc(Cl)c3C)CC2)c1. The van der Waals surface area contributed by atoms with E-state index in [0.29, 0.717) is 24.3 Å². The van der Waals surface area contributed by atoms with Crippen LogP contribution >= 0.6 is 11.6 Å². The van der Waals surface area contributed by atoms with E-state index in [4.69, 9.17) is 16.3 Å². The van der Waals surface area contributed by atoms with Crippen molar-refractivity contribution in [1.82, 2.24) is 4.90 Å². The van der Waals surface area contributed by atoms with Crippen molar-refractivity contribution in [3.8, 4) is 0 Å². The molecule has 0 bridgehead atoms. The minimum absolute atomic E-state index is 0.181. The summed E-state index contributed by atoms with van der Waals surface area (Å²) in [4.78, 5) is 28.2. The number of hydrogen-bond donors (Lipinski definition) is 1. The Morgan fingerprint density at radius 1 is 1.07 bits per heavy atom. The second kappa shape index (κ2) is 8.31. The van der Waals surface area contributed by atoms with E-state index in [9.17, 15) is 9.59 Å². The van der Waals surface area contributed by atoms with Crippen LogP contribution in [0.3, 0.4) is 0 Å². The molecule has 0 radical (unpaired) electrons. The number of carbonyl (C=O) groups excluding carboxylic acids is 2. The van der Waals surface area contributed by atoms with Crippen LogP contribution in [-0.2, 0) is 4.74 Å². The van der Waals surface area contributed by atoms with Crippen LogP contribution in [0.25, 0.3) is 0 Å². The van der Waals surface area contributed by atoms with Crippen molar-refractivity contribution in [2.75, 3.05) is 43.5 Å². The van der Waals surface area contributed by atoms with Gasteiger partial charge in [-0.05, 0) is 42.8 Å². The Balaban J connectivity index is 1.60. The number of ether oxygens (including phenoxy) is 1. The Kier molecular flexibility index (Phi) is 5.86. The summed E-state index contributed by atoms with van der Waals surface area (Å²) in [5, 5.41) is 3.59. The molecule has 6 nitrogen and oxygen atoms in total. The molecule has 27 heavy (non-hydrogen) atoms. The fourth-order valence-corrected chi connectivity index (χ4v) is 3.30. The summed E-state index contributed by atoms with van der Waals surface area (Å²) < 4.78 is 4.71. The van der Waals surface area contributed by atoms with Gasteiger partial charge in [0.25, 0.3) is 0 Å². The summed E-state index contributed by atoms with van der Waals surface area (Å²) in [5.41, 5.74) is 3.12. The maximum absolute atomic E-state index is 12.5. The van der Waals surface area contributed by atoms with Crippen LogP contribution in [0.4, 0.5) is 16.2 Å². The lowest BCUT2D eigenvalue weighted by atomic mass is 10.1. The number of methoxy groups -OCH3 is 1. The second-order valence-corrected chi connectivity index (χ2v) is 6.77. The lowest BCUT2D eigenvalue weighted by molar-refractivity contribution is 0.0600. The Morgan fingerprint density at radius 3 is 2.48 bits per heavy atom. The quantitative estimate of drug-likeness (QED) is 0.814. The molecular weight excluding hydrogens is 366 g/mol. The van der Waals surface area contributed by atoms with Crippen LogP contribution < -0.4 is 10.2 Å². The molecule has 1 fully saturated rings. The number of nitrogens with one attached hydrogen (secondary N) is 1. The first-order valence-corrected chi connectivity index (χ1v) is 9.12. The summed E-state index contributed by atoms with van der Waals surface area (Å²) in [6.07, 6.45) is 0. The normalized spacial score (nSPS) is 14.0. The topological polar surface area (TPSA) is 61.9 Å². The van der Waals surface area contributed by atoms with Gasteiger partial charge in [0.2, 0.25) is 0 Å². The Hall–Kier alpha value is -2.73. The predicted molar refractivity (Wildman–Crippen MR) is 107 cm³/mol. The monoisotopic (exact) mass is 387 g/mol. The van der Waals surface area contributed by atoms with Crippen molar-refractivity contribution in [2.45, 2.75) is 6.92 Å². The van der Waals surface area contributed by atoms with Crippen molar-refractivity contribution in [3.63, 3.8) is 0 Å². The van der Waals surface area contributed by atoms with Gasteiger partial charge >= 0.3 is 12.0 Å². The van der Waals surface area contributed by atoms with Crippen LogP contribution in [0.15, 0.2) is 42.5 Å². The van der Waals surface area contributed by atoms with E-state index in [2.05, 4.69) is 16.3 Å². The largest absolute Gasteiger partial charge is 0.465 e. The van der Waals surface area contributed by atoms with Crippen molar-refractivity contribution in [2.24, 2.45) is 0 Å². The molecule has 2 amide bonds. The standard InChI is InChI=1S/C20H22ClN3O3/c1-14-17(21)7-4-8-18(14)23-9-11-24(12-10-23)20(26)22-16-6-3-5-15(13-16)19(25)27-2/h3-8,13H,9-12H2,1-2H3,(H,22,26). The minimum atomic E-state index is -0.434. The number of urea groups is 1. The van der Waals surface area contributed by atoms with E-state index < -0.39 is 5.97 Å². The molecule has 1 aliphatic rings. The van der Waals surface area contributed by atoms with Gasteiger partial charge in [0.1, 0.15) is 0 Å². The number of esters is 1. The zero-order valence-electron chi connectivity index (χ0n) is 15.4. The van der Waals surface area contributed by atoms with Crippen molar-refractivity contribution in [1.29, 1.82) is 0 Å². The predicted octanol–water partition coefficient (Wildman–Crippen LogP) is 3.79. The van der Waals surface area contributed by atoms with Gasteiger partial charge in [-0.15, -0.1) is 0 Å². The van der Waals surface area contributed by atoms with Gasteiger partial charge in [0.05, 0.1) is 12.7 Å². The van der Waals surface area contributed by atoms with Crippen LogP contribution in [0, 0.1) is 6.92 Å². The lowest BCUT2D eigenvalue weighted by Crippen LogP contribution is -2.50.